The predicted molar refractivity (Wildman–Crippen MR) is 139 cm³/mol. The van der Waals surface area contributed by atoms with Gasteiger partial charge in [-0.25, -0.2) is 0 Å². The molecule has 1 aliphatic heterocycles. The van der Waals surface area contributed by atoms with Crippen molar-refractivity contribution in [2.45, 2.75) is 85.8 Å². The summed E-state index contributed by atoms with van der Waals surface area (Å²) in [7, 11) is 0. The molecule has 1 saturated heterocycles. The van der Waals surface area contributed by atoms with Gasteiger partial charge in [-0.3, -0.25) is 9.69 Å². The van der Waals surface area contributed by atoms with E-state index in [0.29, 0.717) is 11.5 Å². The van der Waals surface area contributed by atoms with Gasteiger partial charge in [-0.1, -0.05) is 52.0 Å². The molecule has 4 rings (SSSR count). The molecule has 186 valence electrons. The molecule has 34 heavy (non-hydrogen) atoms. The lowest BCUT2D eigenvalue weighted by atomic mass is 9.72. The Balaban J connectivity index is 1.52. The molecule has 2 aliphatic rings. The van der Waals surface area contributed by atoms with Crippen molar-refractivity contribution in [1.29, 1.82) is 0 Å². The summed E-state index contributed by atoms with van der Waals surface area (Å²) in [6.07, 6.45) is 6.93. The minimum absolute atomic E-state index is 0.260. The molecule has 1 unspecified atom stereocenters. The van der Waals surface area contributed by atoms with Gasteiger partial charge in [0.2, 0.25) is 0 Å². The summed E-state index contributed by atoms with van der Waals surface area (Å²) in [4.78, 5) is 13.9. The first-order valence-corrected chi connectivity index (χ1v) is 13.3. The molecule has 0 radical (unpaired) electrons. The highest BCUT2D eigenvalue weighted by atomic mass is 16.5. The van der Waals surface area contributed by atoms with Gasteiger partial charge in [0, 0.05) is 12.1 Å². The number of benzene rings is 2. The molecular formula is C30H43NO3. The van der Waals surface area contributed by atoms with Gasteiger partial charge in [-0.05, 0) is 98.2 Å². The standard InChI is InChI=1S/C30H43NO3/c1-20-18-28(34-24-12-10-23(11-13-24)30(3,4)5)27(26-9-7-6-8-25(20)26)19-31-16-14-22(15-17-31)21(2)29(32)33/h6-9,18,21-24H,10-17,19H2,1-5H3,(H,32,33). The van der Waals surface area contributed by atoms with Crippen LogP contribution < -0.4 is 4.74 Å². The van der Waals surface area contributed by atoms with Gasteiger partial charge in [0.1, 0.15) is 5.75 Å². The van der Waals surface area contributed by atoms with E-state index in [1.165, 1.54) is 34.7 Å². The molecule has 4 nitrogen and oxygen atoms in total. The molecule has 0 spiro atoms. The van der Waals surface area contributed by atoms with Gasteiger partial charge in [0.25, 0.3) is 0 Å². The summed E-state index contributed by atoms with van der Waals surface area (Å²) in [5.41, 5.74) is 2.94. The Morgan fingerprint density at radius 2 is 1.68 bits per heavy atom. The van der Waals surface area contributed by atoms with E-state index in [1.807, 2.05) is 6.92 Å². The summed E-state index contributed by atoms with van der Waals surface area (Å²) in [5, 5.41) is 12.0. The summed E-state index contributed by atoms with van der Waals surface area (Å²) in [6, 6.07) is 11.0. The maximum atomic E-state index is 11.4. The molecule has 2 fully saturated rings. The fourth-order valence-electron chi connectivity index (χ4n) is 6.12. The Morgan fingerprint density at radius 1 is 1.06 bits per heavy atom. The Morgan fingerprint density at radius 3 is 2.26 bits per heavy atom. The number of carboxylic acids is 1. The van der Waals surface area contributed by atoms with Crippen LogP contribution in [0, 0.1) is 30.1 Å². The second kappa shape index (κ2) is 10.3. The number of rotatable bonds is 6. The Bertz CT molecular complexity index is 992. The van der Waals surface area contributed by atoms with E-state index in [-0.39, 0.29) is 11.8 Å². The minimum Gasteiger partial charge on any atom is -0.490 e. The van der Waals surface area contributed by atoms with Crippen LogP contribution in [-0.4, -0.2) is 35.2 Å². The summed E-state index contributed by atoms with van der Waals surface area (Å²) in [6.45, 7) is 13.9. The second-order valence-corrected chi connectivity index (χ2v) is 11.9. The molecular weight excluding hydrogens is 422 g/mol. The lowest BCUT2D eigenvalue weighted by molar-refractivity contribution is -0.143. The highest BCUT2D eigenvalue weighted by molar-refractivity contribution is 5.90. The number of carbonyl (C=O) groups is 1. The van der Waals surface area contributed by atoms with Crippen molar-refractivity contribution in [2.24, 2.45) is 23.2 Å². The van der Waals surface area contributed by atoms with E-state index in [9.17, 15) is 9.90 Å². The average Bonchev–Trinajstić information content (AvgIpc) is 2.81. The number of fused-ring (bicyclic) bond motifs is 1. The van der Waals surface area contributed by atoms with Crippen molar-refractivity contribution in [1.82, 2.24) is 4.90 Å². The molecule has 2 aromatic rings. The van der Waals surface area contributed by atoms with E-state index < -0.39 is 5.97 Å². The van der Waals surface area contributed by atoms with Crippen LogP contribution in [0.2, 0.25) is 0 Å². The molecule has 2 aromatic carbocycles. The van der Waals surface area contributed by atoms with Gasteiger partial charge < -0.3 is 9.84 Å². The van der Waals surface area contributed by atoms with E-state index >= 15 is 0 Å². The largest absolute Gasteiger partial charge is 0.490 e. The lowest BCUT2D eigenvalue weighted by Crippen LogP contribution is -2.37. The van der Waals surface area contributed by atoms with E-state index in [0.717, 1.165) is 57.0 Å². The molecule has 1 atom stereocenters. The van der Waals surface area contributed by atoms with Gasteiger partial charge in [0.15, 0.2) is 0 Å². The third-order valence-corrected chi connectivity index (χ3v) is 8.63. The van der Waals surface area contributed by atoms with Crippen molar-refractivity contribution >= 4 is 16.7 Å². The third-order valence-electron chi connectivity index (χ3n) is 8.63. The van der Waals surface area contributed by atoms with Crippen LogP contribution in [-0.2, 0) is 11.3 Å². The van der Waals surface area contributed by atoms with E-state index in [1.54, 1.807) is 0 Å². The SMILES string of the molecule is Cc1cc(OC2CCC(C(C)(C)C)CC2)c(CN2CCC(C(C)C(=O)O)CC2)c2ccccc12. The Labute approximate surface area is 205 Å². The molecule has 0 amide bonds. The highest BCUT2D eigenvalue weighted by Crippen LogP contribution is 2.40. The molecule has 1 aliphatic carbocycles. The summed E-state index contributed by atoms with van der Waals surface area (Å²) >= 11 is 0. The van der Waals surface area contributed by atoms with Crippen LogP contribution in [0.4, 0.5) is 0 Å². The zero-order valence-electron chi connectivity index (χ0n) is 21.8. The van der Waals surface area contributed by atoms with Crippen molar-refractivity contribution in [3.8, 4) is 5.75 Å². The Hall–Kier alpha value is -2.07. The van der Waals surface area contributed by atoms with E-state index in [2.05, 4.69) is 62.9 Å². The smallest absolute Gasteiger partial charge is 0.306 e. The first kappa shape index (κ1) is 25.0. The molecule has 0 bridgehead atoms. The van der Waals surface area contributed by atoms with Crippen LogP contribution in [0.3, 0.4) is 0 Å². The van der Waals surface area contributed by atoms with E-state index in [4.69, 9.17) is 4.74 Å². The summed E-state index contributed by atoms with van der Waals surface area (Å²) < 4.78 is 6.76. The number of piperidine rings is 1. The number of likely N-dealkylation sites (tertiary alicyclic amines) is 1. The zero-order valence-corrected chi connectivity index (χ0v) is 21.8. The normalized spacial score (nSPS) is 23.7. The number of nitrogens with zero attached hydrogens (tertiary/aromatic N) is 1. The number of hydrogen-bond acceptors (Lipinski definition) is 3. The monoisotopic (exact) mass is 465 g/mol. The predicted octanol–water partition coefficient (Wildman–Crippen LogP) is 7.06. The van der Waals surface area contributed by atoms with Gasteiger partial charge in [-0.2, -0.15) is 0 Å². The van der Waals surface area contributed by atoms with Crippen LogP contribution in [0.5, 0.6) is 5.75 Å². The molecule has 0 aromatic heterocycles. The van der Waals surface area contributed by atoms with Gasteiger partial charge in [0.05, 0.1) is 12.0 Å². The minimum atomic E-state index is -0.667. The molecule has 1 N–H and O–H groups in total. The maximum absolute atomic E-state index is 11.4. The zero-order chi connectivity index (χ0) is 24.5. The molecule has 1 saturated carbocycles. The number of hydrogen-bond donors (Lipinski definition) is 1. The third kappa shape index (κ3) is 5.59. The van der Waals surface area contributed by atoms with Crippen LogP contribution >= 0.6 is 0 Å². The topological polar surface area (TPSA) is 49.8 Å². The average molecular weight is 466 g/mol. The van der Waals surface area contributed by atoms with Crippen molar-refractivity contribution in [3.63, 3.8) is 0 Å². The Kier molecular flexibility index (Phi) is 7.57. The van der Waals surface area contributed by atoms with Crippen LogP contribution in [0.1, 0.15) is 77.3 Å². The first-order chi connectivity index (χ1) is 16.1. The van der Waals surface area contributed by atoms with Crippen LogP contribution in [0.25, 0.3) is 10.8 Å². The number of carboxylic acid groups (broad SMARTS) is 1. The lowest BCUT2D eigenvalue weighted by Gasteiger charge is -2.37. The van der Waals surface area contributed by atoms with Crippen LogP contribution in [0.15, 0.2) is 30.3 Å². The number of aryl methyl sites for hydroxylation is 1. The maximum Gasteiger partial charge on any atom is 0.306 e. The highest BCUT2D eigenvalue weighted by Gasteiger charge is 2.32. The van der Waals surface area contributed by atoms with Gasteiger partial charge in [-0.15, -0.1) is 0 Å². The molecule has 4 heteroatoms. The van der Waals surface area contributed by atoms with Gasteiger partial charge >= 0.3 is 5.97 Å². The van der Waals surface area contributed by atoms with Crippen molar-refractivity contribution < 1.29 is 14.6 Å². The number of aliphatic carboxylic acids is 1. The van der Waals surface area contributed by atoms with Crippen molar-refractivity contribution in [3.05, 3.63) is 41.5 Å². The van der Waals surface area contributed by atoms with Crippen molar-refractivity contribution in [2.75, 3.05) is 13.1 Å². The molecule has 1 heterocycles. The summed E-state index contributed by atoms with van der Waals surface area (Å²) in [5.74, 6) is 1.18. The fraction of sp³-hybridized carbons (Fsp3) is 0.633. The second-order valence-electron chi connectivity index (χ2n) is 11.9. The first-order valence-electron chi connectivity index (χ1n) is 13.3. The fourth-order valence-corrected chi connectivity index (χ4v) is 6.12. The quantitative estimate of drug-likeness (QED) is 0.496. The number of ether oxygens (including phenoxy) is 1.